The molecule has 0 aromatic carbocycles. The van der Waals surface area contributed by atoms with Crippen molar-refractivity contribution in [2.75, 3.05) is 0 Å². The van der Waals surface area contributed by atoms with Gasteiger partial charge in [0.2, 0.25) is 0 Å². The van der Waals surface area contributed by atoms with Crippen LogP contribution in [0.15, 0.2) is 6.20 Å². The summed E-state index contributed by atoms with van der Waals surface area (Å²) in [6.07, 6.45) is -10.3. The van der Waals surface area contributed by atoms with Gasteiger partial charge in [-0.15, -0.1) is 13.2 Å². The van der Waals surface area contributed by atoms with E-state index in [0.717, 1.165) is 0 Å². The first kappa shape index (κ1) is 15.8. The number of ether oxygens (including phenoxy) is 1. The van der Waals surface area contributed by atoms with Crippen LogP contribution in [-0.4, -0.2) is 22.4 Å². The lowest BCUT2D eigenvalue weighted by molar-refractivity contribution is -0.276. The van der Waals surface area contributed by atoms with E-state index in [1.165, 1.54) is 22.6 Å². The summed E-state index contributed by atoms with van der Waals surface area (Å²) < 4.78 is 76.4. The van der Waals surface area contributed by atoms with E-state index in [-0.39, 0.29) is 0 Å². The van der Waals surface area contributed by atoms with Gasteiger partial charge in [-0.3, -0.25) is 0 Å². The molecule has 4 nitrogen and oxygen atoms in total. The second-order valence-electron chi connectivity index (χ2n) is 3.01. The molecule has 1 aromatic rings. The lowest BCUT2D eigenvalue weighted by atomic mass is 10.2. The number of rotatable bonds is 2. The number of carboxylic acids is 1. The van der Waals surface area contributed by atoms with Crippen molar-refractivity contribution in [3.63, 3.8) is 0 Å². The number of alkyl halides is 6. The minimum absolute atomic E-state index is 0.419. The molecule has 0 unspecified atom stereocenters. The molecule has 1 heterocycles. The van der Waals surface area contributed by atoms with Gasteiger partial charge in [0.15, 0.2) is 11.4 Å². The van der Waals surface area contributed by atoms with E-state index >= 15 is 0 Å². The van der Waals surface area contributed by atoms with Gasteiger partial charge in [0.25, 0.3) is 0 Å². The third-order valence-corrected chi connectivity index (χ3v) is 2.51. The summed E-state index contributed by atoms with van der Waals surface area (Å²) in [7, 11) is 0. The molecule has 11 heteroatoms. The fourth-order valence-corrected chi connectivity index (χ4v) is 1.70. The summed E-state index contributed by atoms with van der Waals surface area (Å²) in [6.45, 7) is 0. The molecule has 1 rings (SSSR count). The van der Waals surface area contributed by atoms with E-state index in [9.17, 15) is 31.1 Å². The monoisotopic (exact) mass is 401 g/mol. The topological polar surface area (TPSA) is 59.4 Å². The third-order valence-electron chi connectivity index (χ3n) is 1.69. The van der Waals surface area contributed by atoms with Crippen LogP contribution in [0.25, 0.3) is 0 Å². The Kier molecular flexibility index (Phi) is 4.17. The average molecular weight is 401 g/mol. The summed E-state index contributed by atoms with van der Waals surface area (Å²) >= 11 is 1.24. The second-order valence-corrected chi connectivity index (χ2v) is 4.17. The Morgan fingerprint density at radius 3 is 2.16 bits per heavy atom. The van der Waals surface area contributed by atoms with Gasteiger partial charge in [0, 0.05) is 9.77 Å². The minimum Gasteiger partial charge on any atom is -0.478 e. The van der Waals surface area contributed by atoms with E-state index in [4.69, 9.17) is 5.11 Å². The molecule has 0 aliphatic heterocycles. The highest BCUT2D eigenvalue weighted by molar-refractivity contribution is 14.1. The highest BCUT2D eigenvalue weighted by Crippen LogP contribution is 2.40. The second kappa shape index (κ2) is 5.02. The van der Waals surface area contributed by atoms with Gasteiger partial charge in [-0.05, 0) is 22.6 Å². The lowest BCUT2D eigenvalue weighted by Crippen LogP contribution is -2.23. The smallest absolute Gasteiger partial charge is 0.478 e. The van der Waals surface area contributed by atoms with Crippen LogP contribution in [0.3, 0.4) is 0 Å². The Labute approximate surface area is 114 Å². The predicted molar refractivity (Wildman–Crippen MR) is 55.6 cm³/mol. The first-order chi connectivity index (χ1) is 8.43. The van der Waals surface area contributed by atoms with Crippen molar-refractivity contribution in [2.24, 2.45) is 0 Å². The van der Waals surface area contributed by atoms with E-state index in [1.54, 1.807) is 0 Å². The lowest BCUT2D eigenvalue weighted by Gasteiger charge is -2.16. The largest absolute Gasteiger partial charge is 0.573 e. The minimum atomic E-state index is -5.48. The van der Waals surface area contributed by atoms with Crippen LogP contribution in [0.5, 0.6) is 5.75 Å². The molecule has 0 radical (unpaired) electrons. The highest BCUT2D eigenvalue weighted by Gasteiger charge is 2.43. The molecule has 0 atom stereocenters. The van der Waals surface area contributed by atoms with E-state index < -0.39 is 39.1 Å². The summed E-state index contributed by atoms with van der Waals surface area (Å²) in [5.41, 5.74) is -3.30. The van der Waals surface area contributed by atoms with Crippen LogP contribution < -0.4 is 4.74 Å². The number of hydrogen-bond donors (Lipinski definition) is 1. The molecule has 0 spiro atoms. The van der Waals surface area contributed by atoms with Crippen molar-refractivity contribution in [2.45, 2.75) is 12.5 Å². The molecule has 0 saturated heterocycles. The van der Waals surface area contributed by atoms with Crippen molar-refractivity contribution in [3.05, 3.63) is 21.0 Å². The van der Waals surface area contributed by atoms with Gasteiger partial charge in [-0.25, -0.2) is 9.78 Å². The molecular weight excluding hydrogens is 399 g/mol. The molecule has 0 fully saturated rings. The molecule has 1 aromatic heterocycles. The van der Waals surface area contributed by atoms with E-state index in [1.807, 2.05) is 0 Å². The first-order valence-corrected chi connectivity index (χ1v) is 5.26. The van der Waals surface area contributed by atoms with Crippen LogP contribution in [-0.2, 0) is 6.18 Å². The summed E-state index contributed by atoms with van der Waals surface area (Å²) in [5.74, 6) is -3.86. The van der Waals surface area contributed by atoms with Crippen molar-refractivity contribution in [3.8, 4) is 5.75 Å². The zero-order valence-corrected chi connectivity index (χ0v) is 10.6. The number of aromatic carboxylic acids is 1. The number of aromatic nitrogens is 1. The number of pyridine rings is 1. The number of carboxylic acid groups (broad SMARTS) is 1. The zero-order valence-electron chi connectivity index (χ0n) is 8.43. The molecule has 19 heavy (non-hydrogen) atoms. The Morgan fingerprint density at radius 1 is 1.26 bits per heavy atom. The van der Waals surface area contributed by atoms with Gasteiger partial charge < -0.3 is 9.84 Å². The molecular formula is C8H2F6INO3. The molecule has 0 bridgehead atoms. The normalized spacial score (nSPS) is 12.4. The van der Waals surface area contributed by atoms with Crippen molar-refractivity contribution in [1.29, 1.82) is 0 Å². The maximum atomic E-state index is 12.5. The molecule has 0 amide bonds. The highest BCUT2D eigenvalue weighted by atomic mass is 127. The van der Waals surface area contributed by atoms with Crippen LogP contribution in [0.4, 0.5) is 26.3 Å². The number of halogens is 7. The maximum Gasteiger partial charge on any atom is 0.573 e. The molecule has 0 saturated carbocycles. The number of carbonyl (C=O) groups is 1. The van der Waals surface area contributed by atoms with Gasteiger partial charge in [0.1, 0.15) is 5.56 Å². The van der Waals surface area contributed by atoms with Crippen LogP contribution in [0.1, 0.15) is 16.1 Å². The third kappa shape index (κ3) is 3.84. The number of nitrogens with zero attached hydrogens (tertiary/aromatic N) is 1. The summed E-state index contributed by atoms with van der Waals surface area (Å²) in [4.78, 5) is 13.5. The van der Waals surface area contributed by atoms with Crippen molar-refractivity contribution in [1.82, 2.24) is 4.98 Å². The van der Waals surface area contributed by atoms with E-state index in [0.29, 0.717) is 6.20 Å². The summed E-state index contributed by atoms with van der Waals surface area (Å²) in [6, 6.07) is 0. The zero-order chi connectivity index (χ0) is 15.0. The molecule has 0 aliphatic carbocycles. The molecule has 0 aliphatic rings. The molecule has 106 valence electrons. The van der Waals surface area contributed by atoms with Crippen molar-refractivity contribution >= 4 is 28.6 Å². The average Bonchev–Trinajstić information content (AvgIpc) is 2.11. The van der Waals surface area contributed by atoms with Crippen LogP contribution in [0, 0.1) is 3.57 Å². The Balaban J connectivity index is 3.59. The van der Waals surface area contributed by atoms with Crippen LogP contribution >= 0.6 is 22.6 Å². The van der Waals surface area contributed by atoms with Gasteiger partial charge in [-0.1, -0.05) is 0 Å². The van der Waals surface area contributed by atoms with Gasteiger partial charge >= 0.3 is 18.5 Å². The van der Waals surface area contributed by atoms with Crippen LogP contribution in [0.2, 0.25) is 0 Å². The molecule has 1 N–H and O–H groups in total. The maximum absolute atomic E-state index is 12.5. The fourth-order valence-electron chi connectivity index (χ4n) is 1.09. The predicted octanol–water partition coefficient (Wildman–Crippen LogP) is 3.30. The Bertz CT molecular complexity index is 512. The standard InChI is InChI=1S/C8H2F6INO3/c9-7(10,11)5-4(19-8(12,13)14)3(6(17)18)2(15)1-16-5/h1H,(H,17,18). The Hall–Kier alpha value is -1.27. The van der Waals surface area contributed by atoms with Crippen molar-refractivity contribution < 1.29 is 41.0 Å². The first-order valence-electron chi connectivity index (χ1n) is 4.18. The van der Waals surface area contributed by atoms with Gasteiger partial charge in [0.05, 0.1) is 0 Å². The summed E-state index contributed by atoms with van der Waals surface area (Å²) in [5, 5.41) is 8.69. The Morgan fingerprint density at radius 2 is 1.79 bits per heavy atom. The SMILES string of the molecule is O=C(O)c1c(I)cnc(C(F)(F)F)c1OC(F)(F)F. The van der Waals surface area contributed by atoms with Gasteiger partial charge in [-0.2, -0.15) is 13.2 Å². The fraction of sp³-hybridized carbons (Fsp3) is 0.250. The quantitative estimate of drug-likeness (QED) is 0.611. The number of hydrogen-bond acceptors (Lipinski definition) is 3. The van der Waals surface area contributed by atoms with E-state index in [2.05, 4.69) is 9.72 Å².